The second kappa shape index (κ2) is 7.25. The number of anilines is 2. The van der Waals surface area contributed by atoms with E-state index in [-0.39, 0.29) is 10.6 Å². The number of nitro groups is 1. The van der Waals surface area contributed by atoms with Crippen LogP contribution in [0, 0.1) is 10.1 Å². The van der Waals surface area contributed by atoms with Gasteiger partial charge >= 0.3 is 0 Å². The largest absolute Gasteiger partial charge is 0.382 e. The highest BCUT2D eigenvalue weighted by atomic mass is 16.6. The average molecular weight is 327 g/mol. The molecule has 0 radical (unpaired) electrons. The molecule has 0 saturated carbocycles. The molecule has 1 fully saturated rings. The van der Waals surface area contributed by atoms with Gasteiger partial charge in [-0.1, -0.05) is 6.92 Å². The summed E-state index contributed by atoms with van der Waals surface area (Å²) in [4.78, 5) is 21.2. The Bertz CT molecular complexity index is 696. The fourth-order valence-corrected chi connectivity index (χ4v) is 2.92. The summed E-state index contributed by atoms with van der Waals surface area (Å²) in [6.07, 6.45) is 4.55. The minimum Gasteiger partial charge on any atom is -0.382 e. The summed E-state index contributed by atoms with van der Waals surface area (Å²) < 4.78 is 0. The summed E-state index contributed by atoms with van der Waals surface area (Å²) in [6.45, 7) is 3.96. The van der Waals surface area contributed by atoms with Crippen molar-refractivity contribution in [2.75, 3.05) is 23.3 Å². The van der Waals surface area contributed by atoms with E-state index in [1.807, 2.05) is 0 Å². The van der Waals surface area contributed by atoms with Crippen LogP contribution in [0.25, 0.3) is 0 Å². The van der Waals surface area contributed by atoms with Gasteiger partial charge in [0.1, 0.15) is 12.1 Å². The van der Waals surface area contributed by atoms with Crippen molar-refractivity contribution in [2.24, 2.45) is 0 Å². The van der Waals surface area contributed by atoms with Crippen LogP contribution in [0.1, 0.15) is 25.5 Å². The number of hydrogen-bond acceptors (Lipinski definition) is 6. The molecular weight excluding hydrogens is 306 g/mol. The summed E-state index contributed by atoms with van der Waals surface area (Å²) >= 11 is 0. The molecule has 126 valence electrons. The van der Waals surface area contributed by atoms with Crippen molar-refractivity contribution < 1.29 is 4.92 Å². The van der Waals surface area contributed by atoms with Crippen LogP contribution >= 0.6 is 0 Å². The highest BCUT2D eigenvalue weighted by Crippen LogP contribution is 2.22. The molecule has 2 aromatic rings. The molecule has 0 atom stereocenters. The molecule has 1 aromatic carbocycles. The normalized spacial score (nSPS) is 15.3. The zero-order valence-electron chi connectivity index (χ0n) is 13.7. The van der Waals surface area contributed by atoms with Gasteiger partial charge in [-0.3, -0.25) is 10.1 Å². The highest BCUT2D eigenvalue weighted by molar-refractivity contribution is 5.49. The summed E-state index contributed by atoms with van der Waals surface area (Å²) in [7, 11) is 0. The van der Waals surface area contributed by atoms with Crippen molar-refractivity contribution in [3.8, 4) is 0 Å². The van der Waals surface area contributed by atoms with Gasteiger partial charge in [0, 0.05) is 48.7 Å². The van der Waals surface area contributed by atoms with Crippen LogP contribution in [-0.2, 0) is 6.42 Å². The highest BCUT2D eigenvalue weighted by Gasteiger charge is 2.20. The lowest BCUT2D eigenvalue weighted by atomic mass is 10.0. The molecule has 3 rings (SSSR count). The molecule has 1 aliphatic rings. The Morgan fingerprint density at radius 2 is 1.96 bits per heavy atom. The Balaban J connectivity index is 1.55. The van der Waals surface area contributed by atoms with Crippen LogP contribution in [0.15, 0.2) is 36.7 Å². The second-order valence-electron chi connectivity index (χ2n) is 5.93. The number of benzene rings is 1. The predicted octanol–water partition coefficient (Wildman–Crippen LogP) is 3.03. The maximum Gasteiger partial charge on any atom is 0.269 e. The first kappa shape index (κ1) is 16.2. The molecule has 0 unspecified atom stereocenters. The number of non-ortho nitro benzene ring substituents is 1. The van der Waals surface area contributed by atoms with Crippen LogP contribution in [-0.4, -0.2) is 34.0 Å². The molecule has 24 heavy (non-hydrogen) atoms. The fraction of sp³-hybridized carbons (Fsp3) is 0.412. The molecular formula is C17H21N5O2. The summed E-state index contributed by atoms with van der Waals surface area (Å²) in [6, 6.07) is 9.03. The van der Waals surface area contributed by atoms with Crippen LogP contribution in [0.4, 0.5) is 17.2 Å². The quantitative estimate of drug-likeness (QED) is 0.671. The van der Waals surface area contributed by atoms with Crippen molar-refractivity contribution in [2.45, 2.75) is 32.2 Å². The van der Waals surface area contributed by atoms with E-state index in [0.29, 0.717) is 6.04 Å². The number of rotatable bonds is 5. The summed E-state index contributed by atoms with van der Waals surface area (Å²) in [5.41, 5.74) is 2.10. The standard InChI is InChI=1S/C17H21N5O2/c1-2-13-11-17(19-12-18-13)21-9-7-15(8-10-21)20-14-3-5-16(6-4-14)22(23)24/h3-6,11-12,15,20H,2,7-10H2,1H3. The van der Waals surface area contributed by atoms with E-state index in [2.05, 4.69) is 33.2 Å². The third kappa shape index (κ3) is 3.79. The van der Waals surface area contributed by atoms with Gasteiger partial charge in [0.2, 0.25) is 0 Å². The molecule has 7 nitrogen and oxygen atoms in total. The molecule has 7 heteroatoms. The monoisotopic (exact) mass is 327 g/mol. The van der Waals surface area contributed by atoms with Crippen molar-refractivity contribution in [1.82, 2.24) is 9.97 Å². The number of aryl methyl sites for hydroxylation is 1. The Labute approximate surface area is 140 Å². The smallest absolute Gasteiger partial charge is 0.269 e. The van der Waals surface area contributed by atoms with Gasteiger partial charge in [0.25, 0.3) is 5.69 Å². The first-order valence-corrected chi connectivity index (χ1v) is 8.22. The molecule has 1 aromatic heterocycles. The minimum absolute atomic E-state index is 0.117. The van der Waals surface area contributed by atoms with E-state index in [1.165, 1.54) is 12.1 Å². The molecule has 1 saturated heterocycles. The Kier molecular flexibility index (Phi) is 4.88. The Morgan fingerprint density at radius 3 is 2.58 bits per heavy atom. The molecule has 0 aliphatic carbocycles. The minimum atomic E-state index is -0.380. The molecule has 0 amide bonds. The summed E-state index contributed by atoms with van der Waals surface area (Å²) in [5, 5.41) is 14.1. The van der Waals surface area contributed by atoms with E-state index in [9.17, 15) is 10.1 Å². The first-order chi connectivity index (χ1) is 11.7. The lowest BCUT2D eigenvalue weighted by molar-refractivity contribution is -0.384. The van der Waals surface area contributed by atoms with E-state index in [4.69, 9.17) is 0 Å². The number of piperidine rings is 1. The number of nitro benzene ring substituents is 1. The van der Waals surface area contributed by atoms with Crippen molar-refractivity contribution in [3.05, 3.63) is 52.5 Å². The van der Waals surface area contributed by atoms with Crippen LogP contribution < -0.4 is 10.2 Å². The molecule has 1 aliphatic heterocycles. The molecule has 1 N–H and O–H groups in total. The third-order valence-corrected chi connectivity index (χ3v) is 4.34. The van der Waals surface area contributed by atoms with Gasteiger partial charge in [-0.25, -0.2) is 9.97 Å². The average Bonchev–Trinajstić information content (AvgIpc) is 2.63. The third-order valence-electron chi connectivity index (χ3n) is 4.34. The van der Waals surface area contributed by atoms with Gasteiger partial charge in [-0.05, 0) is 31.4 Å². The SMILES string of the molecule is CCc1cc(N2CCC(Nc3ccc([N+](=O)[O-])cc3)CC2)ncn1. The lowest BCUT2D eigenvalue weighted by Gasteiger charge is -2.33. The number of nitrogens with one attached hydrogen (secondary N) is 1. The maximum absolute atomic E-state index is 10.7. The Morgan fingerprint density at radius 1 is 1.25 bits per heavy atom. The number of nitrogens with zero attached hydrogens (tertiary/aromatic N) is 4. The lowest BCUT2D eigenvalue weighted by Crippen LogP contribution is -2.39. The van der Waals surface area contributed by atoms with Gasteiger partial charge in [0.05, 0.1) is 4.92 Å². The predicted molar refractivity (Wildman–Crippen MR) is 93.4 cm³/mol. The fourth-order valence-electron chi connectivity index (χ4n) is 2.92. The van der Waals surface area contributed by atoms with E-state index in [0.717, 1.165) is 49.6 Å². The first-order valence-electron chi connectivity index (χ1n) is 8.22. The van der Waals surface area contributed by atoms with Crippen LogP contribution in [0.2, 0.25) is 0 Å². The topological polar surface area (TPSA) is 84.2 Å². The van der Waals surface area contributed by atoms with Gasteiger partial charge in [0.15, 0.2) is 0 Å². The molecule has 2 heterocycles. The van der Waals surface area contributed by atoms with E-state index < -0.39 is 0 Å². The zero-order valence-corrected chi connectivity index (χ0v) is 13.7. The van der Waals surface area contributed by atoms with Crippen molar-refractivity contribution in [3.63, 3.8) is 0 Å². The van der Waals surface area contributed by atoms with Gasteiger partial charge in [-0.2, -0.15) is 0 Å². The van der Waals surface area contributed by atoms with Gasteiger partial charge < -0.3 is 10.2 Å². The zero-order chi connectivity index (χ0) is 16.9. The van der Waals surface area contributed by atoms with Crippen LogP contribution in [0.3, 0.4) is 0 Å². The second-order valence-corrected chi connectivity index (χ2v) is 5.93. The van der Waals surface area contributed by atoms with Gasteiger partial charge in [-0.15, -0.1) is 0 Å². The summed E-state index contributed by atoms with van der Waals surface area (Å²) in [5.74, 6) is 0.996. The Hall–Kier alpha value is -2.70. The van der Waals surface area contributed by atoms with Crippen LogP contribution in [0.5, 0.6) is 0 Å². The maximum atomic E-state index is 10.7. The van der Waals surface area contributed by atoms with E-state index >= 15 is 0 Å². The van der Waals surface area contributed by atoms with Crippen molar-refractivity contribution >= 4 is 17.2 Å². The van der Waals surface area contributed by atoms with Crippen molar-refractivity contribution in [1.29, 1.82) is 0 Å². The number of aromatic nitrogens is 2. The molecule has 0 bridgehead atoms. The molecule has 0 spiro atoms. The number of hydrogen-bond donors (Lipinski definition) is 1. The van der Waals surface area contributed by atoms with E-state index in [1.54, 1.807) is 18.5 Å².